The molecule has 0 radical (unpaired) electrons. The number of carbonyl (C=O) groups is 1. The highest BCUT2D eigenvalue weighted by molar-refractivity contribution is 7.98. The van der Waals surface area contributed by atoms with E-state index in [1.54, 1.807) is 31.3 Å². The summed E-state index contributed by atoms with van der Waals surface area (Å²) in [6, 6.07) is 5.89. The Morgan fingerprint density at radius 1 is 1.28 bits per heavy atom. The molecule has 0 amide bonds. The first-order valence-electron chi connectivity index (χ1n) is 8.11. The predicted octanol–water partition coefficient (Wildman–Crippen LogP) is 4.34. The summed E-state index contributed by atoms with van der Waals surface area (Å²) in [6.07, 6.45) is 3.37. The molecule has 0 unspecified atom stereocenters. The van der Waals surface area contributed by atoms with Crippen molar-refractivity contribution in [3.63, 3.8) is 0 Å². The lowest BCUT2D eigenvalue weighted by atomic mass is 9.92. The lowest BCUT2D eigenvalue weighted by molar-refractivity contribution is 0.101. The second-order valence-electron chi connectivity index (χ2n) is 6.15. The maximum Gasteiger partial charge on any atom is 0.191 e. The van der Waals surface area contributed by atoms with Crippen molar-refractivity contribution in [2.45, 2.75) is 45.1 Å². The second-order valence-corrected chi connectivity index (χ2v) is 7.10. The highest BCUT2D eigenvalue weighted by Gasteiger charge is 2.15. The molecule has 0 aliphatic rings. The van der Waals surface area contributed by atoms with Crippen molar-refractivity contribution < 1.29 is 9.21 Å². The third-order valence-electron chi connectivity index (χ3n) is 4.31. The molecule has 0 bridgehead atoms. The monoisotopic (exact) mass is 355 g/mol. The van der Waals surface area contributed by atoms with Crippen molar-refractivity contribution in [3.05, 3.63) is 64.4 Å². The van der Waals surface area contributed by atoms with Crippen LogP contribution in [0.15, 0.2) is 40.4 Å². The van der Waals surface area contributed by atoms with Gasteiger partial charge in [0.2, 0.25) is 0 Å². The Kier molecular flexibility index (Phi) is 5.08. The van der Waals surface area contributed by atoms with Gasteiger partial charge in [-0.2, -0.15) is 0 Å². The molecule has 6 heteroatoms. The SMILES string of the molecule is CC(=O)c1c(C)cc(C)c(CSc2nncn2Cc2ccco2)c1C. The molecule has 0 saturated heterocycles. The molecule has 5 nitrogen and oxygen atoms in total. The van der Waals surface area contributed by atoms with Gasteiger partial charge in [-0.15, -0.1) is 10.2 Å². The Balaban J connectivity index is 1.82. The van der Waals surface area contributed by atoms with E-state index in [0.717, 1.165) is 33.4 Å². The van der Waals surface area contributed by atoms with Crippen molar-refractivity contribution in [2.75, 3.05) is 0 Å². The first-order chi connectivity index (χ1) is 12.0. The summed E-state index contributed by atoms with van der Waals surface area (Å²) in [5.41, 5.74) is 5.32. The Bertz CT molecular complexity index is 898. The third kappa shape index (κ3) is 3.69. The van der Waals surface area contributed by atoms with E-state index in [4.69, 9.17) is 4.42 Å². The molecule has 0 spiro atoms. The van der Waals surface area contributed by atoms with Crippen LogP contribution in [0.2, 0.25) is 0 Å². The van der Waals surface area contributed by atoms with Gasteiger partial charge < -0.3 is 8.98 Å². The summed E-state index contributed by atoms with van der Waals surface area (Å²) in [6.45, 7) is 8.34. The minimum atomic E-state index is 0.113. The normalized spacial score (nSPS) is 11.0. The molecule has 1 aromatic carbocycles. The topological polar surface area (TPSA) is 60.9 Å². The van der Waals surface area contributed by atoms with Crippen LogP contribution in [0.1, 0.15) is 45.3 Å². The lowest BCUT2D eigenvalue weighted by Crippen LogP contribution is -2.06. The van der Waals surface area contributed by atoms with Gasteiger partial charge in [0, 0.05) is 11.3 Å². The van der Waals surface area contributed by atoms with Gasteiger partial charge in [-0.25, -0.2) is 0 Å². The van der Waals surface area contributed by atoms with Gasteiger partial charge in [0.25, 0.3) is 0 Å². The van der Waals surface area contributed by atoms with E-state index in [0.29, 0.717) is 6.54 Å². The van der Waals surface area contributed by atoms with E-state index in [-0.39, 0.29) is 5.78 Å². The number of thioether (sulfide) groups is 1. The minimum Gasteiger partial charge on any atom is -0.467 e. The molecular formula is C19H21N3O2S. The predicted molar refractivity (Wildman–Crippen MR) is 98.1 cm³/mol. The number of aryl methyl sites for hydroxylation is 2. The maximum absolute atomic E-state index is 12.0. The number of aromatic nitrogens is 3. The fourth-order valence-electron chi connectivity index (χ4n) is 3.16. The van der Waals surface area contributed by atoms with E-state index < -0.39 is 0 Å². The zero-order valence-corrected chi connectivity index (χ0v) is 15.7. The van der Waals surface area contributed by atoms with Crippen LogP contribution in [0.4, 0.5) is 0 Å². The van der Waals surface area contributed by atoms with Gasteiger partial charge in [0.1, 0.15) is 12.1 Å². The third-order valence-corrected chi connectivity index (χ3v) is 5.32. The number of rotatable bonds is 6. The number of ketones is 1. The fourth-order valence-corrected chi connectivity index (χ4v) is 4.26. The van der Waals surface area contributed by atoms with Gasteiger partial charge >= 0.3 is 0 Å². The minimum absolute atomic E-state index is 0.113. The van der Waals surface area contributed by atoms with Crippen LogP contribution in [0.3, 0.4) is 0 Å². The van der Waals surface area contributed by atoms with E-state index in [1.165, 1.54) is 11.1 Å². The fraction of sp³-hybridized carbons (Fsp3) is 0.316. The molecule has 3 aromatic rings. The van der Waals surface area contributed by atoms with Gasteiger partial charge in [-0.05, 0) is 62.1 Å². The van der Waals surface area contributed by atoms with Crippen molar-refractivity contribution in [1.29, 1.82) is 0 Å². The van der Waals surface area contributed by atoms with Crippen molar-refractivity contribution >= 4 is 17.5 Å². The van der Waals surface area contributed by atoms with E-state index >= 15 is 0 Å². The molecule has 2 heterocycles. The van der Waals surface area contributed by atoms with Crippen LogP contribution in [0.25, 0.3) is 0 Å². The summed E-state index contributed by atoms with van der Waals surface area (Å²) in [4.78, 5) is 12.0. The highest BCUT2D eigenvalue weighted by atomic mass is 32.2. The van der Waals surface area contributed by atoms with Crippen LogP contribution in [0, 0.1) is 20.8 Å². The first kappa shape index (κ1) is 17.5. The van der Waals surface area contributed by atoms with Crippen LogP contribution in [-0.2, 0) is 12.3 Å². The van der Waals surface area contributed by atoms with Gasteiger partial charge in [-0.1, -0.05) is 17.8 Å². The largest absolute Gasteiger partial charge is 0.467 e. The molecule has 130 valence electrons. The number of hydrogen-bond acceptors (Lipinski definition) is 5. The Morgan fingerprint density at radius 2 is 2.08 bits per heavy atom. The summed E-state index contributed by atoms with van der Waals surface area (Å²) in [7, 11) is 0. The van der Waals surface area contributed by atoms with Crippen molar-refractivity contribution in [1.82, 2.24) is 14.8 Å². The molecular weight excluding hydrogens is 334 g/mol. The van der Waals surface area contributed by atoms with Crippen molar-refractivity contribution in [3.8, 4) is 0 Å². The van der Waals surface area contributed by atoms with Gasteiger partial charge in [0.05, 0.1) is 12.8 Å². The molecule has 2 aromatic heterocycles. The second kappa shape index (κ2) is 7.27. The molecule has 25 heavy (non-hydrogen) atoms. The number of Topliss-reactive ketones (excluding diaryl/α,β-unsaturated/α-hetero) is 1. The smallest absolute Gasteiger partial charge is 0.191 e. The van der Waals surface area contributed by atoms with Gasteiger partial charge in [0.15, 0.2) is 10.9 Å². The highest BCUT2D eigenvalue weighted by Crippen LogP contribution is 2.29. The Hall–Kier alpha value is -2.34. The maximum atomic E-state index is 12.0. The molecule has 3 rings (SSSR count). The summed E-state index contributed by atoms with van der Waals surface area (Å²) in [5, 5.41) is 9.06. The number of nitrogens with zero attached hydrogens (tertiary/aromatic N) is 3. The zero-order chi connectivity index (χ0) is 18.0. The van der Waals surface area contributed by atoms with E-state index in [1.807, 2.05) is 30.5 Å². The zero-order valence-electron chi connectivity index (χ0n) is 14.9. The first-order valence-corrected chi connectivity index (χ1v) is 9.09. The van der Waals surface area contributed by atoms with Crippen LogP contribution in [0.5, 0.6) is 0 Å². The average Bonchev–Trinajstić information content (AvgIpc) is 3.19. The summed E-state index contributed by atoms with van der Waals surface area (Å²) >= 11 is 1.62. The molecule has 0 N–H and O–H groups in total. The standard InChI is InChI=1S/C19H21N3O2S/c1-12-8-13(2)18(15(4)23)14(3)17(12)10-25-19-21-20-11-22(19)9-16-6-5-7-24-16/h5-8,11H,9-10H2,1-4H3. The number of carbonyl (C=O) groups excluding carboxylic acids is 1. The average molecular weight is 355 g/mol. The molecule has 0 aliphatic heterocycles. The lowest BCUT2D eigenvalue weighted by Gasteiger charge is -2.15. The summed E-state index contributed by atoms with van der Waals surface area (Å²) < 4.78 is 7.36. The van der Waals surface area contributed by atoms with Crippen molar-refractivity contribution in [2.24, 2.45) is 0 Å². The number of furan rings is 1. The van der Waals surface area contributed by atoms with Crippen LogP contribution < -0.4 is 0 Å². The van der Waals surface area contributed by atoms with Crippen LogP contribution >= 0.6 is 11.8 Å². The molecule has 0 fully saturated rings. The van der Waals surface area contributed by atoms with Crippen LogP contribution in [-0.4, -0.2) is 20.5 Å². The molecule has 0 atom stereocenters. The Labute approximate surface area is 151 Å². The van der Waals surface area contributed by atoms with Gasteiger partial charge in [-0.3, -0.25) is 4.79 Å². The van der Waals surface area contributed by atoms with E-state index in [2.05, 4.69) is 23.2 Å². The Morgan fingerprint density at radius 3 is 2.76 bits per heavy atom. The number of benzene rings is 1. The quantitative estimate of drug-likeness (QED) is 0.486. The summed E-state index contributed by atoms with van der Waals surface area (Å²) in [5.74, 6) is 1.72. The molecule has 0 aliphatic carbocycles. The number of hydrogen-bond donors (Lipinski definition) is 0. The molecule has 0 saturated carbocycles. The van der Waals surface area contributed by atoms with E-state index in [9.17, 15) is 4.79 Å².